The standard InChI is InChI=1S/C15H14N2S2/c1-10-4-2-5-11(8-10)14-13(19-15(16)17-14)9-12-6-3-7-18-12/h2-8H,9H2,1H3,(H2,16,17). The lowest BCUT2D eigenvalue weighted by molar-refractivity contribution is 1.26. The summed E-state index contributed by atoms with van der Waals surface area (Å²) in [6.45, 7) is 2.10. The molecule has 19 heavy (non-hydrogen) atoms. The van der Waals surface area contributed by atoms with E-state index in [-0.39, 0.29) is 0 Å². The smallest absolute Gasteiger partial charge is 0.180 e. The molecule has 3 aromatic rings. The molecule has 0 fully saturated rings. The van der Waals surface area contributed by atoms with Gasteiger partial charge in [0.2, 0.25) is 0 Å². The van der Waals surface area contributed by atoms with E-state index in [1.165, 1.54) is 15.3 Å². The van der Waals surface area contributed by atoms with Crippen LogP contribution in [0.2, 0.25) is 0 Å². The van der Waals surface area contributed by atoms with Gasteiger partial charge in [0, 0.05) is 21.7 Å². The Labute approximate surface area is 120 Å². The van der Waals surface area contributed by atoms with Gasteiger partial charge in [0.25, 0.3) is 0 Å². The molecule has 0 radical (unpaired) electrons. The summed E-state index contributed by atoms with van der Waals surface area (Å²) in [5.74, 6) is 0. The summed E-state index contributed by atoms with van der Waals surface area (Å²) in [6.07, 6.45) is 0.913. The first-order valence-electron chi connectivity index (χ1n) is 6.07. The van der Waals surface area contributed by atoms with Crippen molar-refractivity contribution in [3.05, 3.63) is 57.1 Å². The van der Waals surface area contributed by atoms with Gasteiger partial charge in [-0.1, -0.05) is 29.8 Å². The molecule has 2 N–H and O–H groups in total. The Morgan fingerprint density at radius 2 is 2.11 bits per heavy atom. The largest absolute Gasteiger partial charge is 0.375 e. The Hall–Kier alpha value is -1.65. The molecular formula is C15H14N2S2. The van der Waals surface area contributed by atoms with Crippen molar-refractivity contribution in [3.63, 3.8) is 0 Å². The number of hydrogen-bond acceptors (Lipinski definition) is 4. The first-order valence-corrected chi connectivity index (χ1v) is 7.76. The second kappa shape index (κ2) is 5.15. The molecule has 2 aromatic heterocycles. The second-order valence-electron chi connectivity index (χ2n) is 4.45. The Morgan fingerprint density at radius 3 is 2.84 bits per heavy atom. The van der Waals surface area contributed by atoms with Gasteiger partial charge in [-0.2, -0.15) is 0 Å². The van der Waals surface area contributed by atoms with Gasteiger partial charge in [0.05, 0.1) is 5.69 Å². The molecule has 0 aliphatic carbocycles. The molecule has 0 amide bonds. The molecule has 0 saturated heterocycles. The van der Waals surface area contributed by atoms with Crippen LogP contribution in [-0.4, -0.2) is 4.98 Å². The van der Waals surface area contributed by atoms with Gasteiger partial charge in [-0.3, -0.25) is 0 Å². The van der Waals surface area contributed by atoms with Crippen molar-refractivity contribution >= 4 is 27.8 Å². The van der Waals surface area contributed by atoms with Crippen LogP contribution in [0.3, 0.4) is 0 Å². The fourth-order valence-electron chi connectivity index (χ4n) is 2.08. The molecule has 1 aromatic carbocycles. The number of thiophene rings is 1. The summed E-state index contributed by atoms with van der Waals surface area (Å²) >= 11 is 3.36. The molecule has 3 rings (SSSR count). The molecule has 4 heteroatoms. The van der Waals surface area contributed by atoms with Crippen molar-refractivity contribution in [2.24, 2.45) is 0 Å². The fourth-order valence-corrected chi connectivity index (χ4v) is 3.76. The third-order valence-corrected chi connectivity index (χ3v) is 4.68. The third-order valence-electron chi connectivity index (χ3n) is 2.92. The van der Waals surface area contributed by atoms with E-state index in [9.17, 15) is 0 Å². The van der Waals surface area contributed by atoms with Crippen molar-refractivity contribution in [1.29, 1.82) is 0 Å². The molecule has 0 saturated carbocycles. The number of anilines is 1. The molecule has 0 aliphatic rings. The van der Waals surface area contributed by atoms with Gasteiger partial charge >= 0.3 is 0 Å². The second-order valence-corrected chi connectivity index (χ2v) is 6.60. The van der Waals surface area contributed by atoms with E-state index in [4.69, 9.17) is 5.73 Å². The summed E-state index contributed by atoms with van der Waals surface area (Å²) in [4.78, 5) is 7.09. The number of rotatable bonds is 3. The molecule has 2 heterocycles. The van der Waals surface area contributed by atoms with Crippen LogP contribution in [-0.2, 0) is 6.42 Å². The number of aromatic nitrogens is 1. The predicted molar refractivity (Wildman–Crippen MR) is 83.8 cm³/mol. The highest BCUT2D eigenvalue weighted by Crippen LogP contribution is 2.32. The van der Waals surface area contributed by atoms with E-state index in [2.05, 4.69) is 53.7 Å². The lowest BCUT2D eigenvalue weighted by Crippen LogP contribution is -1.87. The molecule has 0 spiro atoms. The Balaban J connectivity index is 2.02. The van der Waals surface area contributed by atoms with Gasteiger partial charge in [0.1, 0.15) is 0 Å². The quantitative estimate of drug-likeness (QED) is 0.777. The topological polar surface area (TPSA) is 38.9 Å². The van der Waals surface area contributed by atoms with E-state index in [1.807, 2.05) is 0 Å². The van der Waals surface area contributed by atoms with E-state index in [1.54, 1.807) is 22.7 Å². The number of thiazole rings is 1. The van der Waals surface area contributed by atoms with Crippen molar-refractivity contribution in [2.45, 2.75) is 13.3 Å². The minimum absolute atomic E-state index is 0.642. The van der Waals surface area contributed by atoms with E-state index >= 15 is 0 Å². The fraction of sp³-hybridized carbons (Fsp3) is 0.133. The maximum absolute atomic E-state index is 5.89. The first-order chi connectivity index (χ1) is 9.22. The average molecular weight is 286 g/mol. The highest BCUT2D eigenvalue weighted by molar-refractivity contribution is 7.16. The number of nitrogens with two attached hydrogens (primary N) is 1. The van der Waals surface area contributed by atoms with Gasteiger partial charge < -0.3 is 5.73 Å². The SMILES string of the molecule is Cc1cccc(-c2nc(N)sc2Cc2cccs2)c1. The summed E-state index contributed by atoms with van der Waals surface area (Å²) in [5.41, 5.74) is 9.32. The lowest BCUT2D eigenvalue weighted by atomic mass is 10.1. The lowest BCUT2D eigenvalue weighted by Gasteiger charge is -2.02. The molecular weight excluding hydrogens is 272 g/mol. The summed E-state index contributed by atoms with van der Waals surface area (Å²) in [6, 6.07) is 12.6. The van der Waals surface area contributed by atoms with Crippen LogP contribution in [0.1, 0.15) is 15.3 Å². The number of hydrogen-bond donors (Lipinski definition) is 1. The van der Waals surface area contributed by atoms with E-state index in [0.717, 1.165) is 17.7 Å². The zero-order valence-corrected chi connectivity index (χ0v) is 12.2. The Morgan fingerprint density at radius 1 is 1.21 bits per heavy atom. The van der Waals surface area contributed by atoms with E-state index < -0.39 is 0 Å². The Kier molecular flexibility index (Phi) is 3.36. The molecule has 2 nitrogen and oxygen atoms in total. The van der Waals surface area contributed by atoms with Crippen molar-refractivity contribution in [1.82, 2.24) is 4.98 Å². The van der Waals surface area contributed by atoms with Crippen LogP contribution in [0.4, 0.5) is 5.13 Å². The number of aryl methyl sites for hydroxylation is 1. The molecule has 0 atom stereocenters. The van der Waals surface area contributed by atoms with Crippen LogP contribution in [0.15, 0.2) is 41.8 Å². The average Bonchev–Trinajstić information content (AvgIpc) is 3.00. The van der Waals surface area contributed by atoms with Crippen LogP contribution in [0.25, 0.3) is 11.3 Å². The van der Waals surface area contributed by atoms with Crippen molar-refractivity contribution in [3.8, 4) is 11.3 Å². The highest BCUT2D eigenvalue weighted by atomic mass is 32.1. The van der Waals surface area contributed by atoms with Gasteiger partial charge in [-0.05, 0) is 24.4 Å². The Bertz CT molecular complexity index is 684. The molecule has 96 valence electrons. The van der Waals surface area contributed by atoms with Gasteiger partial charge in [0.15, 0.2) is 5.13 Å². The van der Waals surface area contributed by atoms with Gasteiger partial charge in [-0.25, -0.2) is 4.98 Å². The zero-order valence-electron chi connectivity index (χ0n) is 10.6. The summed E-state index contributed by atoms with van der Waals surface area (Å²) in [5, 5.41) is 2.74. The van der Waals surface area contributed by atoms with Crippen molar-refractivity contribution < 1.29 is 0 Å². The van der Waals surface area contributed by atoms with Crippen LogP contribution in [0, 0.1) is 6.92 Å². The number of nitrogens with zero attached hydrogens (tertiary/aromatic N) is 1. The minimum Gasteiger partial charge on any atom is -0.375 e. The van der Waals surface area contributed by atoms with Crippen LogP contribution in [0.5, 0.6) is 0 Å². The predicted octanol–water partition coefficient (Wildman–Crippen LogP) is 4.35. The maximum atomic E-state index is 5.89. The minimum atomic E-state index is 0.642. The first kappa shape index (κ1) is 12.4. The highest BCUT2D eigenvalue weighted by Gasteiger charge is 2.12. The summed E-state index contributed by atoms with van der Waals surface area (Å²) < 4.78 is 0. The van der Waals surface area contributed by atoms with Crippen LogP contribution >= 0.6 is 22.7 Å². The van der Waals surface area contributed by atoms with E-state index in [0.29, 0.717) is 5.13 Å². The third kappa shape index (κ3) is 2.69. The number of nitrogen functional groups attached to an aromatic ring is 1. The molecule has 0 aliphatic heterocycles. The zero-order chi connectivity index (χ0) is 13.2. The van der Waals surface area contributed by atoms with Gasteiger partial charge in [-0.15, -0.1) is 22.7 Å². The molecule has 0 bridgehead atoms. The maximum Gasteiger partial charge on any atom is 0.180 e. The van der Waals surface area contributed by atoms with Crippen LogP contribution < -0.4 is 5.73 Å². The van der Waals surface area contributed by atoms with Crippen molar-refractivity contribution in [2.75, 3.05) is 5.73 Å². The normalized spacial score (nSPS) is 10.8. The summed E-state index contributed by atoms with van der Waals surface area (Å²) in [7, 11) is 0. The monoisotopic (exact) mass is 286 g/mol. The number of benzene rings is 1. The molecule has 0 unspecified atom stereocenters.